The maximum absolute atomic E-state index is 12.1. The molecule has 0 aromatic carbocycles. The van der Waals surface area contributed by atoms with E-state index in [4.69, 9.17) is 5.11 Å². The van der Waals surface area contributed by atoms with Crippen LogP contribution in [0.5, 0.6) is 0 Å². The van der Waals surface area contributed by atoms with E-state index in [0.717, 1.165) is 0 Å². The molecule has 7 nitrogen and oxygen atoms in total. The van der Waals surface area contributed by atoms with E-state index >= 15 is 0 Å². The number of piperazine rings is 1. The fourth-order valence-corrected chi connectivity index (χ4v) is 2.14. The highest BCUT2D eigenvalue weighted by molar-refractivity contribution is 5.89. The molecule has 3 N–H and O–H groups in total. The Kier molecular flexibility index (Phi) is 5.59. The van der Waals surface area contributed by atoms with Gasteiger partial charge in [0, 0.05) is 13.1 Å². The van der Waals surface area contributed by atoms with Crippen molar-refractivity contribution in [3.8, 4) is 0 Å². The number of carboxylic acids is 1. The summed E-state index contributed by atoms with van der Waals surface area (Å²) >= 11 is 0. The first-order chi connectivity index (χ1) is 9.01. The molecule has 1 fully saturated rings. The lowest BCUT2D eigenvalue weighted by Crippen LogP contribution is -2.60. The molecular formula is C12H21N3O4. The Morgan fingerprint density at radius 1 is 1.53 bits per heavy atom. The number of hydrogen-bond acceptors (Lipinski definition) is 3. The highest BCUT2D eigenvalue weighted by atomic mass is 16.4. The highest BCUT2D eigenvalue weighted by Gasteiger charge is 2.33. The van der Waals surface area contributed by atoms with Crippen molar-refractivity contribution in [1.82, 2.24) is 15.5 Å². The number of hydrogen-bond donors (Lipinski definition) is 3. The van der Waals surface area contributed by atoms with E-state index < -0.39 is 24.1 Å². The Bertz CT molecular complexity index is 359. The zero-order valence-electron chi connectivity index (χ0n) is 11.3. The number of amides is 3. The first-order valence-electron chi connectivity index (χ1n) is 6.58. The average molecular weight is 271 g/mol. The summed E-state index contributed by atoms with van der Waals surface area (Å²) < 4.78 is 0. The van der Waals surface area contributed by atoms with Crippen LogP contribution in [0.2, 0.25) is 0 Å². The largest absolute Gasteiger partial charge is 0.480 e. The van der Waals surface area contributed by atoms with E-state index in [1.54, 1.807) is 0 Å². The molecule has 0 aromatic rings. The van der Waals surface area contributed by atoms with Gasteiger partial charge < -0.3 is 20.6 Å². The van der Waals surface area contributed by atoms with Gasteiger partial charge in [0.15, 0.2) is 0 Å². The lowest BCUT2D eigenvalue weighted by atomic mass is 10.1. The normalized spacial score (nSPS) is 20.6. The number of aliphatic carboxylic acids is 1. The summed E-state index contributed by atoms with van der Waals surface area (Å²) in [6.07, 6.45) is 1.54. The predicted molar refractivity (Wildman–Crippen MR) is 68.7 cm³/mol. The molecule has 0 aliphatic carbocycles. The van der Waals surface area contributed by atoms with Gasteiger partial charge in [0.2, 0.25) is 5.91 Å². The molecule has 3 amide bonds. The number of rotatable bonds is 5. The van der Waals surface area contributed by atoms with Gasteiger partial charge in [-0.15, -0.1) is 0 Å². The molecule has 2 atom stereocenters. The van der Waals surface area contributed by atoms with Gasteiger partial charge in [0.1, 0.15) is 12.1 Å². The van der Waals surface area contributed by atoms with E-state index in [2.05, 4.69) is 10.6 Å². The Morgan fingerprint density at radius 2 is 2.21 bits per heavy atom. The van der Waals surface area contributed by atoms with Gasteiger partial charge in [-0.3, -0.25) is 4.79 Å². The zero-order chi connectivity index (χ0) is 14.4. The number of carbonyl (C=O) groups is 3. The molecule has 0 bridgehead atoms. The first-order valence-corrected chi connectivity index (χ1v) is 6.58. The molecule has 1 aliphatic heterocycles. The first kappa shape index (κ1) is 15.3. The maximum Gasteiger partial charge on any atom is 0.326 e. The molecule has 108 valence electrons. The van der Waals surface area contributed by atoms with Crippen molar-refractivity contribution >= 4 is 17.9 Å². The number of nitrogens with zero attached hydrogens (tertiary/aromatic N) is 1. The van der Waals surface area contributed by atoms with Crippen LogP contribution in [0, 0.1) is 0 Å². The Balaban J connectivity index is 2.69. The molecule has 0 spiro atoms. The summed E-state index contributed by atoms with van der Waals surface area (Å²) in [7, 11) is 0. The van der Waals surface area contributed by atoms with E-state index in [-0.39, 0.29) is 5.91 Å². The monoisotopic (exact) mass is 271 g/mol. The quantitative estimate of drug-likeness (QED) is 0.663. The lowest BCUT2D eigenvalue weighted by Gasteiger charge is -2.35. The minimum absolute atomic E-state index is 0.189. The Hall–Kier alpha value is -1.79. The summed E-state index contributed by atoms with van der Waals surface area (Å²) in [5.74, 6) is -1.24. The second-order valence-electron chi connectivity index (χ2n) is 4.54. The fourth-order valence-electron chi connectivity index (χ4n) is 2.14. The average Bonchev–Trinajstić information content (AvgIpc) is 2.37. The zero-order valence-corrected chi connectivity index (χ0v) is 11.3. The summed E-state index contributed by atoms with van der Waals surface area (Å²) in [5, 5.41) is 14.2. The third kappa shape index (κ3) is 3.84. The highest BCUT2D eigenvalue weighted by Crippen LogP contribution is 2.09. The van der Waals surface area contributed by atoms with E-state index in [1.165, 1.54) is 4.90 Å². The van der Waals surface area contributed by atoms with Crippen LogP contribution in [0.15, 0.2) is 0 Å². The SMILES string of the molecule is CCC[C@H](NC(=O)N1CCNC(=O)C1CC)C(=O)O. The van der Waals surface area contributed by atoms with Crippen molar-refractivity contribution in [2.75, 3.05) is 13.1 Å². The van der Waals surface area contributed by atoms with Gasteiger partial charge >= 0.3 is 12.0 Å². The van der Waals surface area contributed by atoms with Crippen LogP contribution in [0.4, 0.5) is 4.79 Å². The van der Waals surface area contributed by atoms with Crippen LogP contribution in [0.3, 0.4) is 0 Å². The standard InChI is InChI=1S/C12H21N3O4/c1-3-5-8(11(17)18)14-12(19)15-7-6-13-10(16)9(15)4-2/h8-9H,3-7H2,1-2H3,(H,13,16)(H,14,19)(H,17,18)/t8-,9?/m0/s1. The van der Waals surface area contributed by atoms with Crippen molar-refractivity contribution in [3.05, 3.63) is 0 Å². The van der Waals surface area contributed by atoms with Gasteiger partial charge in [-0.25, -0.2) is 9.59 Å². The smallest absolute Gasteiger partial charge is 0.326 e. The van der Waals surface area contributed by atoms with Gasteiger partial charge in [-0.05, 0) is 12.8 Å². The lowest BCUT2D eigenvalue weighted by molar-refractivity contribution is -0.139. The molecule has 1 rings (SSSR count). The minimum Gasteiger partial charge on any atom is -0.480 e. The second kappa shape index (κ2) is 6.96. The number of nitrogens with one attached hydrogen (secondary N) is 2. The molecule has 19 heavy (non-hydrogen) atoms. The summed E-state index contributed by atoms with van der Waals surface area (Å²) in [6.45, 7) is 4.46. The third-order valence-electron chi connectivity index (χ3n) is 3.15. The van der Waals surface area contributed by atoms with Crippen LogP contribution in [0.25, 0.3) is 0 Å². The number of urea groups is 1. The molecule has 1 saturated heterocycles. The second-order valence-corrected chi connectivity index (χ2v) is 4.54. The minimum atomic E-state index is -1.05. The van der Waals surface area contributed by atoms with Gasteiger partial charge in [0.25, 0.3) is 0 Å². The van der Waals surface area contributed by atoms with Crippen LogP contribution in [0.1, 0.15) is 33.1 Å². The van der Waals surface area contributed by atoms with Crippen molar-refractivity contribution in [1.29, 1.82) is 0 Å². The van der Waals surface area contributed by atoms with Crippen molar-refractivity contribution in [2.24, 2.45) is 0 Å². The molecule has 0 saturated carbocycles. The summed E-state index contributed by atoms with van der Waals surface area (Å²) in [6, 6.07) is -1.91. The van der Waals surface area contributed by atoms with E-state index in [0.29, 0.717) is 32.4 Å². The van der Waals surface area contributed by atoms with E-state index in [1.807, 2.05) is 13.8 Å². The predicted octanol–water partition coefficient (Wildman–Crippen LogP) is 0.160. The van der Waals surface area contributed by atoms with E-state index in [9.17, 15) is 14.4 Å². The fraction of sp³-hybridized carbons (Fsp3) is 0.750. The molecule has 0 aromatic heterocycles. The Labute approximate surface area is 112 Å². The third-order valence-corrected chi connectivity index (χ3v) is 3.15. The molecule has 0 radical (unpaired) electrons. The van der Waals surface area contributed by atoms with Crippen LogP contribution >= 0.6 is 0 Å². The van der Waals surface area contributed by atoms with Crippen LogP contribution < -0.4 is 10.6 Å². The van der Waals surface area contributed by atoms with Crippen molar-refractivity contribution < 1.29 is 19.5 Å². The van der Waals surface area contributed by atoms with Crippen molar-refractivity contribution in [3.63, 3.8) is 0 Å². The molecular weight excluding hydrogens is 250 g/mol. The molecule has 7 heteroatoms. The molecule has 1 unspecified atom stereocenters. The van der Waals surface area contributed by atoms with Crippen LogP contribution in [-0.2, 0) is 9.59 Å². The Morgan fingerprint density at radius 3 is 2.74 bits per heavy atom. The molecule has 1 heterocycles. The summed E-state index contributed by atoms with van der Waals surface area (Å²) in [5.41, 5.74) is 0. The summed E-state index contributed by atoms with van der Waals surface area (Å²) in [4.78, 5) is 36.1. The maximum atomic E-state index is 12.1. The van der Waals surface area contributed by atoms with Crippen LogP contribution in [-0.4, -0.2) is 53.1 Å². The van der Waals surface area contributed by atoms with Crippen molar-refractivity contribution in [2.45, 2.75) is 45.2 Å². The van der Waals surface area contributed by atoms with Gasteiger partial charge in [0.05, 0.1) is 0 Å². The van der Waals surface area contributed by atoms with Gasteiger partial charge in [-0.1, -0.05) is 20.3 Å². The number of carboxylic acid groups (broad SMARTS) is 1. The number of carbonyl (C=O) groups excluding carboxylic acids is 2. The molecule has 1 aliphatic rings. The topological polar surface area (TPSA) is 98.7 Å². The van der Waals surface area contributed by atoms with Gasteiger partial charge in [-0.2, -0.15) is 0 Å².